The highest BCUT2D eigenvalue weighted by Crippen LogP contribution is 2.16. The monoisotopic (exact) mass is 236 g/mol. The van der Waals surface area contributed by atoms with Crippen LogP contribution in [0, 0.1) is 5.82 Å². The van der Waals surface area contributed by atoms with Crippen LogP contribution >= 0.6 is 0 Å². The zero-order valence-electron chi connectivity index (χ0n) is 9.63. The van der Waals surface area contributed by atoms with E-state index in [9.17, 15) is 14.0 Å². The molecule has 0 aromatic heterocycles. The van der Waals surface area contributed by atoms with Crippen molar-refractivity contribution in [1.29, 1.82) is 0 Å². The summed E-state index contributed by atoms with van der Waals surface area (Å²) in [5.74, 6) is -0.384. The molecule has 0 heterocycles. The van der Waals surface area contributed by atoms with Crippen LogP contribution < -0.4 is 4.90 Å². The van der Waals surface area contributed by atoms with Crippen LogP contribution in [0.1, 0.15) is 0 Å². The summed E-state index contributed by atoms with van der Waals surface area (Å²) in [6.45, 7) is 0. The first kappa shape index (κ1) is 12.9. The van der Waals surface area contributed by atoms with Gasteiger partial charge in [0.05, 0.1) is 5.69 Å². The molecule has 0 spiro atoms. The smallest absolute Gasteiger partial charge is 0.328 e. The molecule has 0 fully saturated rings. The Labute approximate surface area is 98.9 Å². The number of carbonyl (C=O) groups is 2. The molecule has 1 aromatic rings. The van der Waals surface area contributed by atoms with E-state index in [2.05, 4.69) is 0 Å². The second kappa shape index (κ2) is 5.79. The lowest BCUT2D eigenvalue weighted by Crippen LogP contribution is -2.35. The van der Waals surface area contributed by atoms with E-state index in [0.29, 0.717) is 12.0 Å². The summed E-state index contributed by atoms with van der Waals surface area (Å²) in [5.41, 5.74) is 0.489. The van der Waals surface area contributed by atoms with Gasteiger partial charge in [-0.05, 0) is 30.3 Å². The number of nitrogens with zero attached hydrogens (tertiary/aromatic N) is 2. The molecule has 0 aliphatic heterocycles. The lowest BCUT2D eigenvalue weighted by Gasteiger charge is -2.22. The quantitative estimate of drug-likeness (QED) is 0.595. The Morgan fingerprint density at radius 1 is 1.24 bits per heavy atom. The maximum atomic E-state index is 12.8. The van der Waals surface area contributed by atoms with Gasteiger partial charge in [0.1, 0.15) is 12.1 Å². The van der Waals surface area contributed by atoms with Crippen molar-refractivity contribution in [2.45, 2.75) is 0 Å². The summed E-state index contributed by atoms with van der Waals surface area (Å²) in [5, 5.41) is 0. The molecule has 0 N–H and O–H groups in total. The van der Waals surface area contributed by atoms with Crippen molar-refractivity contribution in [2.24, 2.45) is 0 Å². The number of aldehydes is 1. The highest BCUT2D eigenvalue weighted by molar-refractivity contribution is 5.94. The van der Waals surface area contributed by atoms with Crippen molar-refractivity contribution in [1.82, 2.24) is 4.90 Å². The van der Waals surface area contributed by atoms with E-state index in [1.807, 2.05) is 0 Å². The SMILES string of the molecule is CN(C)C(=O)N(/C=C\C=O)c1ccc(F)cc1. The first-order valence-corrected chi connectivity index (χ1v) is 4.94. The third-order valence-corrected chi connectivity index (χ3v) is 2.01. The molecule has 2 amide bonds. The maximum absolute atomic E-state index is 12.8. The molecular formula is C12H13FN2O2. The van der Waals surface area contributed by atoms with E-state index in [1.54, 1.807) is 14.1 Å². The first-order valence-electron chi connectivity index (χ1n) is 4.94. The molecule has 0 aliphatic carbocycles. The van der Waals surface area contributed by atoms with Crippen LogP contribution in [0.5, 0.6) is 0 Å². The van der Waals surface area contributed by atoms with Crippen molar-refractivity contribution in [2.75, 3.05) is 19.0 Å². The Morgan fingerprint density at radius 2 is 1.82 bits per heavy atom. The van der Waals surface area contributed by atoms with Crippen LogP contribution in [-0.2, 0) is 4.79 Å². The van der Waals surface area contributed by atoms with E-state index >= 15 is 0 Å². The lowest BCUT2D eigenvalue weighted by molar-refractivity contribution is -0.104. The third-order valence-electron chi connectivity index (χ3n) is 2.01. The molecule has 4 nitrogen and oxygen atoms in total. The molecule has 1 rings (SSSR count). The summed E-state index contributed by atoms with van der Waals surface area (Å²) in [6.07, 6.45) is 3.10. The number of halogens is 1. The molecule has 0 bridgehead atoms. The number of rotatable bonds is 3. The number of hydrogen-bond acceptors (Lipinski definition) is 2. The standard InChI is InChI=1S/C12H13FN2O2/c1-14(2)12(17)15(8-3-9-16)11-6-4-10(13)5-7-11/h3-9H,1-2H3/b8-3-. The largest absolute Gasteiger partial charge is 0.330 e. The Bertz CT molecular complexity index is 427. The molecule has 17 heavy (non-hydrogen) atoms. The molecule has 0 aliphatic rings. The molecule has 0 unspecified atom stereocenters. The van der Waals surface area contributed by atoms with Gasteiger partial charge in [0.2, 0.25) is 0 Å². The van der Waals surface area contributed by atoms with Gasteiger partial charge in [-0.15, -0.1) is 0 Å². The van der Waals surface area contributed by atoms with Gasteiger partial charge in [0.15, 0.2) is 0 Å². The molecule has 0 radical (unpaired) electrons. The fourth-order valence-corrected chi connectivity index (χ4v) is 1.20. The summed E-state index contributed by atoms with van der Waals surface area (Å²) >= 11 is 0. The average Bonchev–Trinajstić information content (AvgIpc) is 2.31. The molecule has 0 saturated carbocycles. The number of allylic oxidation sites excluding steroid dienone is 1. The Morgan fingerprint density at radius 3 is 2.29 bits per heavy atom. The lowest BCUT2D eigenvalue weighted by atomic mass is 10.3. The van der Waals surface area contributed by atoms with E-state index in [1.165, 1.54) is 46.3 Å². The molecule has 5 heteroatoms. The fourth-order valence-electron chi connectivity index (χ4n) is 1.20. The minimum atomic E-state index is -0.384. The van der Waals surface area contributed by atoms with Crippen LogP contribution in [0.15, 0.2) is 36.5 Å². The van der Waals surface area contributed by atoms with E-state index in [0.717, 1.165) is 0 Å². The van der Waals surface area contributed by atoms with E-state index in [-0.39, 0.29) is 11.8 Å². The van der Waals surface area contributed by atoms with Crippen molar-refractivity contribution in [3.8, 4) is 0 Å². The normalized spacial score (nSPS) is 10.3. The predicted molar refractivity (Wildman–Crippen MR) is 63.2 cm³/mol. The van der Waals surface area contributed by atoms with Crippen molar-refractivity contribution in [3.05, 3.63) is 42.4 Å². The number of anilines is 1. The second-order valence-electron chi connectivity index (χ2n) is 3.50. The summed E-state index contributed by atoms with van der Waals surface area (Å²) in [4.78, 5) is 24.7. The van der Waals surface area contributed by atoms with Gasteiger partial charge in [-0.1, -0.05) is 0 Å². The second-order valence-corrected chi connectivity index (χ2v) is 3.50. The number of urea groups is 1. The first-order chi connectivity index (χ1) is 8.06. The zero-order chi connectivity index (χ0) is 12.8. The van der Waals surface area contributed by atoms with Crippen molar-refractivity contribution >= 4 is 18.0 Å². The van der Waals surface area contributed by atoms with Crippen LogP contribution in [0.4, 0.5) is 14.9 Å². The maximum Gasteiger partial charge on any atom is 0.328 e. The summed E-state index contributed by atoms with van der Waals surface area (Å²) in [6, 6.07) is 5.10. The van der Waals surface area contributed by atoms with Gasteiger partial charge in [0, 0.05) is 20.3 Å². The number of hydrogen-bond donors (Lipinski definition) is 0. The molecule has 0 atom stereocenters. The topological polar surface area (TPSA) is 40.6 Å². The Balaban J connectivity index is 3.05. The van der Waals surface area contributed by atoms with Gasteiger partial charge in [-0.2, -0.15) is 0 Å². The van der Waals surface area contributed by atoms with Gasteiger partial charge in [-0.3, -0.25) is 9.69 Å². The van der Waals surface area contributed by atoms with Crippen LogP contribution in [0.2, 0.25) is 0 Å². The highest BCUT2D eigenvalue weighted by Gasteiger charge is 2.14. The predicted octanol–water partition coefficient (Wildman–Crippen LogP) is 2.03. The Kier molecular flexibility index (Phi) is 4.39. The van der Waals surface area contributed by atoms with Gasteiger partial charge in [0.25, 0.3) is 0 Å². The van der Waals surface area contributed by atoms with Gasteiger partial charge < -0.3 is 4.90 Å². The van der Waals surface area contributed by atoms with Gasteiger partial charge in [-0.25, -0.2) is 9.18 Å². The molecule has 90 valence electrons. The third kappa shape index (κ3) is 3.41. The number of benzene rings is 1. The fraction of sp³-hybridized carbons (Fsp3) is 0.167. The minimum absolute atomic E-state index is 0.324. The number of carbonyl (C=O) groups excluding carboxylic acids is 2. The summed E-state index contributed by atoms with van der Waals surface area (Å²) in [7, 11) is 3.18. The van der Waals surface area contributed by atoms with Gasteiger partial charge >= 0.3 is 6.03 Å². The molecular weight excluding hydrogens is 223 g/mol. The van der Waals surface area contributed by atoms with E-state index < -0.39 is 0 Å². The van der Waals surface area contributed by atoms with Crippen LogP contribution in [0.3, 0.4) is 0 Å². The highest BCUT2D eigenvalue weighted by atomic mass is 19.1. The molecule has 0 saturated heterocycles. The average molecular weight is 236 g/mol. The van der Waals surface area contributed by atoms with E-state index in [4.69, 9.17) is 0 Å². The van der Waals surface area contributed by atoms with Crippen LogP contribution in [-0.4, -0.2) is 31.3 Å². The zero-order valence-corrected chi connectivity index (χ0v) is 9.63. The minimum Gasteiger partial charge on any atom is -0.330 e. The van der Waals surface area contributed by atoms with Crippen molar-refractivity contribution < 1.29 is 14.0 Å². The van der Waals surface area contributed by atoms with Crippen molar-refractivity contribution in [3.63, 3.8) is 0 Å². The molecule has 1 aromatic carbocycles. The Hall–Kier alpha value is -2.17. The van der Waals surface area contributed by atoms with Crippen LogP contribution in [0.25, 0.3) is 0 Å². The number of amides is 2. The summed E-state index contributed by atoms with van der Waals surface area (Å²) < 4.78 is 12.8.